The van der Waals surface area contributed by atoms with Gasteiger partial charge in [-0.1, -0.05) is 48.4 Å². The van der Waals surface area contributed by atoms with Gasteiger partial charge in [-0.3, -0.25) is 4.90 Å². The van der Waals surface area contributed by atoms with Crippen molar-refractivity contribution in [3.05, 3.63) is 41.5 Å². The predicted molar refractivity (Wildman–Crippen MR) is 70.5 cm³/mol. The van der Waals surface area contributed by atoms with Crippen molar-refractivity contribution in [1.29, 1.82) is 0 Å². The minimum absolute atomic E-state index is 1.11. The fourth-order valence-corrected chi connectivity index (χ4v) is 2.25. The summed E-state index contributed by atoms with van der Waals surface area (Å²) in [6, 6.07) is 8.66. The summed E-state index contributed by atoms with van der Waals surface area (Å²) in [4.78, 5) is 2.54. The maximum atomic E-state index is 2.54. The van der Waals surface area contributed by atoms with Crippen molar-refractivity contribution in [2.24, 2.45) is 0 Å². The number of nitrogens with zero attached hydrogens (tertiary/aromatic N) is 1. The molecule has 1 saturated heterocycles. The second kappa shape index (κ2) is 5.86. The fourth-order valence-electron chi connectivity index (χ4n) is 2.25. The van der Waals surface area contributed by atoms with Gasteiger partial charge < -0.3 is 0 Å². The molecule has 0 aromatic heterocycles. The van der Waals surface area contributed by atoms with Crippen LogP contribution in [0.3, 0.4) is 0 Å². The lowest BCUT2D eigenvalue weighted by atomic mass is 10.1. The Morgan fingerprint density at radius 2 is 2.00 bits per heavy atom. The molecule has 1 heterocycles. The van der Waals surface area contributed by atoms with Crippen LogP contribution in [0.5, 0.6) is 0 Å². The van der Waals surface area contributed by atoms with E-state index >= 15 is 0 Å². The maximum Gasteiger partial charge on any atom is 0.0166 e. The van der Waals surface area contributed by atoms with E-state index in [0.29, 0.717) is 0 Å². The first-order valence-electron chi connectivity index (χ1n) is 6.30. The first-order valence-corrected chi connectivity index (χ1v) is 6.30. The van der Waals surface area contributed by atoms with Crippen LogP contribution in [-0.4, -0.2) is 24.5 Å². The third kappa shape index (κ3) is 3.49. The Kier molecular flexibility index (Phi) is 4.17. The second-order valence-electron chi connectivity index (χ2n) is 4.68. The topological polar surface area (TPSA) is 3.24 Å². The number of likely N-dealkylation sites (tertiary alicyclic amines) is 1. The van der Waals surface area contributed by atoms with Crippen LogP contribution in [0.1, 0.15) is 30.4 Å². The lowest BCUT2D eigenvalue weighted by molar-refractivity contribution is 0.252. The Labute approximate surface area is 98.8 Å². The van der Waals surface area contributed by atoms with Crippen LogP contribution < -0.4 is 0 Å². The van der Waals surface area contributed by atoms with Gasteiger partial charge in [-0.2, -0.15) is 0 Å². The van der Waals surface area contributed by atoms with Gasteiger partial charge in [0.15, 0.2) is 0 Å². The highest BCUT2D eigenvalue weighted by Crippen LogP contribution is 2.09. The third-order valence-corrected chi connectivity index (χ3v) is 3.16. The largest absolute Gasteiger partial charge is 0.300 e. The van der Waals surface area contributed by atoms with Gasteiger partial charge in [0.05, 0.1) is 0 Å². The molecular weight excluding hydrogens is 194 g/mol. The summed E-state index contributed by atoms with van der Waals surface area (Å²) in [5, 5.41) is 0. The highest BCUT2D eigenvalue weighted by atomic mass is 15.1. The van der Waals surface area contributed by atoms with E-state index in [1.165, 1.54) is 43.5 Å². The predicted octanol–water partition coefficient (Wildman–Crippen LogP) is 3.49. The summed E-state index contributed by atoms with van der Waals surface area (Å²) < 4.78 is 0. The van der Waals surface area contributed by atoms with Crippen LogP contribution >= 0.6 is 0 Å². The Morgan fingerprint density at radius 3 is 2.75 bits per heavy atom. The first-order chi connectivity index (χ1) is 7.84. The van der Waals surface area contributed by atoms with Crippen LogP contribution in [0.2, 0.25) is 0 Å². The average molecular weight is 215 g/mol. The molecule has 0 amide bonds. The summed E-state index contributed by atoms with van der Waals surface area (Å²) in [6.45, 7) is 5.80. The molecular formula is C15H21N. The normalized spacial score (nSPS) is 18.1. The molecule has 0 aliphatic carbocycles. The number of hydrogen-bond acceptors (Lipinski definition) is 1. The smallest absolute Gasteiger partial charge is 0.0166 e. The Hall–Kier alpha value is -1.08. The van der Waals surface area contributed by atoms with Gasteiger partial charge in [-0.05, 0) is 38.4 Å². The van der Waals surface area contributed by atoms with Crippen molar-refractivity contribution in [3.8, 4) is 0 Å². The number of rotatable bonds is 3. The molecule has 0 N–H and O–H groups in total. The Morgan fingerprint density at radius 1 is 1.19 bits per heavy atom. The van der Waals surface area contributed by atoms with Crippen LogP contribution in [0.4, 0.5) is 0 Å². The standard InChI is InChI=1S/C15H21N/c1-14-7-5-8-15(13-14)9-6-12-16-10-3-2-4-11-16/h5-9,13H,2-4,10-12H2,1H3. The zero-order valence-electron chi connectivity index (χ0n) is 10.2. The van der Waals surface area contributed by atoms with Crippen LogP contribution in [0.25, 0.3) is 6.08 Å². The zero-order valence-corrected chi connectivity index (χ0v) is 10.2. The third-order valence-electron chi connectivity index (χ3n) is 3.16. The molecule has 0 atom stereocenters. The fraction of sp³-hybridized carbons (Fsp3) is 0.467. The Balaban J connectivity index is 1.84. The van der Waals surface area contributed by atoms with Crippen molar-refractivity contribution in [3.63, 3.8) is 0 Å². The van der Waals surface area contributed by atoms with E-state index in [1.54, 1.807) is 0 Å². The molecule has 0 spiro atoms. The summed E-state index contributed by atoms with van der Waals surface area (Å²) in [7, 11) is 0. The minimum Gasteiger partial charge on any atom is -0.300 e. The van der Waals surface area contributed by atoms with Crippen molar-refractivity contribution < 1.29 is 0 Å². The highest BCUT2D eigenvalue weighted by molar-refractivity contribution is 5.50. The van der Waals surface area contributed by atoms with E-state index in [1.807, 2.05) is 0 Å². The van der Waals surface area contributed by atoms with E-state index in [0.717, 1.165) is 6.54 Å². The lowest BCUT2D eigenvalue weighted by Crippen LogP contribution is -2.29. The average Bonchev–Trinajstić information content (AvgIpc) is 2.30. The summed E-state index contributed by atoms with van der Waals surface area (Å²) in [5.41, 5.74) is 2.65. The summed E-state index contributed by atoms with van der Waals surface area (Å²) >= 11 is 0. The van der Waals surface area contributed by atoms with Crippen molar-refractivity contribution >= 4 is 6.08 Å². The SMILES string of the molecule is Cc1cccc(C=CCN2CCCCC2)c1. The summed E-state index contributed by atoms with van der Waals surface area (Å²) in [5.74, 6) is 0. The van der Waals surface area contributed by atoms with E-state index in [2.05, 4.69) is 48.2 Å². The van der Waals surface area contributed by atoms with Crippen molar-refractivity contribution in [2.45, 2.75) is 26.2 Å². The molecule has 1 heteroatoms. The summed E-state index contributed by atoms with van der Waals surface area (Å²) in [6.07, 6.45) is 8.69. The van der Waals surface area contributed by atoms with Gasteiger partial charge in [0.2, 0.25) is 0 Å². The van der Waals surface area contributed by atoms with Crippen molar-refractivity contribution in [1.82, 2.24) is 4.90 Å². The zero-order chi connectivity index (χ0) is 11.2. The van der Waals surface area contributed by atoms with Crippen LogP contribution in [0.15, 0.2) is 30.3 Å². The van der Waals surface area contributed by atoms with Crippen LogP contribution in [0, 0.1) is 6.92 Å². The molecule has 16 heavy (non-hydrogen) atoms. The molecule has 2 rings (SSSR count). The molecule has 1 aliphatic rings. The van der Waals surface area contributed by atoms with E-state index < -0.39 is 0 Å². The molecule has 1 aromatic carbocycles. The number of hydrogen-bond donors (Lipinski definition) is 0. The second-order valence-corrected chi connectivity index (χ2v) is 4.68. The maximum absolute atomic E-state index is 2.54. The lowest BCUT2D eigenvalue weighted by Gasteiger charge is -2.24. The van der Waals surface area contributed by atoms with Crippen LogP contribution in [-0.2, 0) is 0 Å². The molecule has 1 nitrogen and oxygen atoms in total. The molecule has 0 radical (unpaired) electrons. The molecule has 0 unspecified atom stereocenters. The molecule has 1 fully saturated rings. The van der Waals surface area contributed by atoms with E-state index in [9.17, 15) is 0 Å². The van der Waals surface area contributed by atoms with Gasteiger partial charge in [0.1, 0.15) is 0 Å². The molecule has 1 aliphatic heterocycles. The van der Waals surface area contributed by atoms with Gasteiger partial charge >= 0.3 is 0 Å². The van der Waals surface area contributed by atoms with Gasteiger partial charge in [0.25, 0.3) is 0 Å². The number of benzene rings is 1. The molecule has 1 aromatic rings. The highest BCUT2D eigenvalue weighted by Gasteiger charge is 2.07. The van der Waals surface area contributed by atoms with Gasteiger partial charge in [0, 0.05) is 6.54 Å². The Bertz CT molecular complexity index is 348. The van der Waals surface area contributed by atoms with E-state index in [4.69, 9.17) is 0 Å². The number of aryl methyl sites for hydroxylation is 1. The first kappa shape index (κ1) is 11.4. The minimum atomic E-state index is 1.11. The van der Waals surface area contributed by atoms with Gasteiger partial charge in [-0.25, -0.2) is 0 Å². The number of piperidine rings is 1. The monoisotopic (exact) mass is 215 g/mol. The molecule has 0 bridgehead atoms. The molecule has 0 saturated carbocycles. The van der Waals surface area contributed by atoms with Gasteiger partial charge in [-0.15, -0.1) is 0 Å². The quantitative estimate of drug-likeness (QED) is 0.746. The van der Waals surface area contributed by atoms with E-state index in [-0.39, 0.29) is 0 Å². The molecule has 86 valence electrons. The van der Waals surface area contributed by atoms with Crippen molar-refractivity contribution in [2.75, 3.05) is 19.6 Å².